The Morgan fingerprint density at radius 2 is 1.59 bits per heavy atom. The van der Waals surface area contributed by atoms with Crippen LogP contribution in [0.25, 0.3) is 0 Å². The molecule has 0 bridgehead atoms. The van der Waals surface area contributed by atoms with Crippen molar-refractivity contribution in [3.63, 3.8) is 0 Å². The molecule has 1 fully saturated rings. The van der Waals surface area contributed by atoms with Crippen LogP contribution in [0.3, 0.4) is 0 Å². The van der Waals surface area contributed by atoms with Gasteiger partial charge in [-0.2, -0.15) is 13.2 Å². The second kappa shape index (κ2) is 8.55. The molecule has 0 aliphatic carbocycles. The summed E-state index contributed by atoms with van der Waals surface area (Å²) in [4.78, 5) is 17.0. The Hall–Kier alpha value is -2.38. The largest absolute Gasteiger partial charge is 0.416 e. The third kappa shape index (κ3) is 4.97. The Labute approximate surface area is 169 Å². The third-order valence-electron chi connectivity index (χ3n) is 5.52. The maximum Gasteiger partial charge on any atom is 0.416 e. The van der Waals surface area contributed by atoms with Crippen LogP contribution in [0.4, 0.5) is 18.9 Å². The van der Waals surface area contributed by atoms with E-state index in [4.69, 9.17) is 5.73 Å². The first kappa shape index (κ1) is 21.3. The molecule has 1 saturated heterocycles. The molecule has 0 saturated carbocycles. The summed E-state index contributed by atoms with van der Waals surface area (Å²) in [6, 6.07) is 8.66. The molecule has 2 aromatic rings. The van der Waals surface area contributed by atoms with E-state index in [9.17, 15) is 18.0 Å². The van der Waals surface area contributed by atoms with E-state index < -0.39 is 17.5 Å². The zero-order valence-electron chi connectivity index (χ0n) is 16.7. The average Bonchev–Trinajstić information content (AvgIpc) is 2.69. The summed E-state index contributed by atoms with van der Waals surface area (Å²) >= 11 is 0. The highest BCUT2D eigenvalue weighted by Crippen LogP contribution is 2.34. The number of alkyl halides is 3. The van der Waals surface area contributed by atoms with Crippen molar-refractivity contribution in [2.24, 2.45) is 0 Å². The summed E-state index contributed by atoms with van der Waals surface area (Å²) in [7, 11) is 0. The normalized spacial score (nSPS) is 16.2. The van der Waals surface area contributed by atoms with Crippen LogP contribution in [0.1, 0.15) is 39.5 Å². The lowest BCUT2D eigenvalue weighted by molar-refractivity contribution is -0.138. The minimum atomic E-state index is -4.52. The van der Waals surface area contributed by atoms with E-state index in [1.165, 1.54) is 18.2 Å². The molecule has 0 spiro atoms. The number of benzene rings is 2. The van der Waals surface area contributed by atoms with Crippen molar-refractivity contribution in [1.29, 1.82) is 0 Å². The molecule has 0 aromatic heterocycles. The van der Waals surface area contributed by atoms with Gasteiger partial charge in [0.15, 0.2) is 5.78 Å². The summed E-state index contributed by atoms with van der Waals surface area (Å²) in [5.41, 5.74) is 6.84. The molecule has 29 heavy (non-hydrogen) atoms. The number of carbonyl (C=O) groups excluding carboxylic acids is 1. The third-order valence-corrected chi connectivity index (χ3v) is 5.52. The fraction of sp³-hybridized carbons (Fsp3) is 0.409. The van der Waals surface area contributed by atoms with Gasteiger partial charge in [-0.3, -0.25) is 9.69 Å². The molecule has 0 radical (unpaired) electrons. The van der Waals surface area contributed by atoms with Crippen molar-refractivity contribution in [2.45, 2.75) is 26.6 Å². The number of aryl methyl sites for hydroxylation is 1. The zero-order valence-corrected chi connectivity index (χ0v) is 16.7. The number of piperazine rings is 1. The van der Waals surface area contributed by atoms with Crippen molar-refractivity contribution in [3.8, 4) is 0 Å². The van der Waals surface area contributed by atoms with E-state index in [1.807, 2.05) is 4.90 Å². The number of likely N-dealkylation sites (N-methyl/N-ethyl adjacent to an activating group) is 1. The van der Waals surface area contributed by atoms with Crippen LogP contribution in [0.2, 0.25) is 0 Å². The second-order valence-electron chi connectivity index (χ2n) is 7.48. The van der Waals surface area contributed by atoms with Gasteiger partial charge in [-0.1, -0.05) is 31.2 Å². The predicted molar refractivity (Wildman–Crippen MR) is 108 cm³/mol. The van der Waals surface area contributed by atoms with Gasteiger partial charge < -0.3 is 10.6 Å². The molecule has 1 aliphatic rings. The summed E-state index contributed by atoms with van der Waals surface area (Å²) in [5, 5.41) is 0. The summed E-state index contributed by atoms with van der Waals surface area (Å²) in [5.74, 6) is -0.467. The molecule has 2 N–H and O–H groups in total. The van der Waals surface area contributed by atoms with Crippen molar-refractivity contribution in [1.82, 2.24) is 9.80 Å². The van der Waals surface area contributed by atoms with Crippen LogP contribution >= 0.6 is 0 Å². The lowest BCUT2D eigenvalue weighted by Crippen LogP contribution is -2.45. The molecule has 4 nitrogen and oxygen atoms in total. The lowest BCUT2D eigenvalue weighted by Gasteiger charge is -2.34. The van der Waals surface area contributed by atoms with Crippen LogP contribution in [0.15, 0.2) is 36.4 Å². The molecular weight excluding hydrogens is 379 g/mol. The molecule has 1 aliphatic heterocycles. The number of nitrogen functional groups attached to an aromatic ring is 1. The Kier molecular flexibility index (Phi) is 6.29. The van der Waals surface area contributed by atoms with Gasteiger partial charge in [-0.25, -0.2) is 0 Å². The molecule has 3 rings (SSSR count). The maximum absolute atomic E-state index is 13.7. The zero-order chi connectivity index (χ0) is 21.2. The minimum Gasteiger partial charge on any atom is -0.398 e. The SMILES string of the molecule is CCN1CCN(Cc2ccc(C(=O)c3ccc(C)c(N)c3)cc2C(F)(F)F)CC1. The minimum absolute atomic E-state index is 0.0140. The van der Waals surface area contributed by atoms with Gasteiger partial charge in [0.1, 0.15) is 0 Å². The Morgan fingerprint density at radius 3 is 2.17 bits per heavy atom. The number of nitrogens with zero attached hydrogens (tertiary/aromatic N) is 2. The van der Waals surface area contributed by atoms with Crippen molar-refractivity contribution in [2.75, 3.05) is 38.5 Å². The molecule has 0 unspecified atom stereocenters. The van der Waals surface area contributed by atoms with Gasteiger partial charge >= 0.3 is 6.18 Å². The highest BCUT2D eigenvalue weighted by atomic mass is 19.4. The number of nitrogens with two attached hydrogens (primary N) is 1. The summed E-state index contributed by atoms with van der Waals surface area (Å²) < 4.78 is 41.2. The Morgan fingerprint density at radius 1 is 1.00 bits per heavy atom. The number of halogens is 3. The molecule has 1 heterocycles. The van der Waals surface area contributed by atoms with E-state index in [0.29, 0.717) is 5.69 Å². The number of anilines is 1. The molecule has 0 atom stereocenters. The van der Waals surface area contributed by atoms with Crippen molar-refractivity contribution >= 4 is 11.5 Å². The van der Waals surface area contributed by atoms with Crippen molar-refractivity contribution in [3.05, 3.63) is 64.2 Å². The first-order chi connectivity index (χ1) is 13.7. The van der Waals surface area contributed by atoms with E-state index in [1.54, 1.807) is 19.1 Å². The first-order valence-corrected chi connectivity index (χ1v) is 9.74. The van der Waals surface area contributed by atoms with Gasteiger partial charge in [0, 0.05) is 49.5 Å². The van der Waals surface area contributed by atoms with Crippen LogP contribution in [-0.2, 0) is 12.7 Å². The van der Waals surface area contributed by atoms with Crippen LogP contribution < -0.4 is 5.73 Å². The molecule has 7 heteroatoms. The monoisotopic (exact) mass is 405 g/mol. The fourth-order valence-electron chi connectivity index (χ4n) is 3.57. The van der Waals surface area contributed by atoms with E-state index in [-0.39, 0.29) is 23.2 Å². The Balaban J connectivity index is 1.86. The number of carbonyl (C=O) groups is 1. The van der Waals surface area contributed by atoms with E-state index in [2.05, 4.69) is 11.8 Å². The van der Waals surface area contributed by atoms with E-state index >= 15 is 0 Å². The van der Waals surface area contributed by atoms with Crippen LogP contribution in [-0.4, -0.2) is 48.3 Å². The number of rotatable bonds is 5. The number of hydrogen-bond acceptors (Lipinski definition) is 4. The molecule has 156 valence electrons. The van der Waals surface area contributed by atoms with Gasteiger partial charge in [0.2, 0.25) is 0 Å². The van der Waals surface area contributed by atoms with Gasteiger partial charge in [-0.15, -0.1) is 0 Å². The average molecular weight is 405 g/mol. The Bertz CT molecular complexity index is 887. The van der Waals surface area contributed by atoms with Crippen molar-refractivity contribution < 1.29 is 18.0 Å². The van der Waals surface area contributed by atoms with Gasteiger partial charge in [-0.05, 0) is 36.7 Å². The predicted octanol–water partition coefficient (Wildman–Crippen LogP) is 3.96. The highest BCUT2D eigenvalue weighted by molar-refractivity contribution is 6.09. The number of ketones is 1. The van der Waals surface area contributed by atoms with Crippen LogP contribution in [0.5, 0.6) is 0 Å². The first-order valence-electron chi connectivity index (χ1n) is 9.74. The van der Waals surface area contributed by atoms with E-state index in [0.717, 1.165) is 44.4 Å². The highest BCUT2D eigenvalue weighted by Gasteiger charge is 2.34. The summed E-state index contributed by atoms with van der Waals surface area (Å²) in [6.45, 7) is 8.21. The topological polar surface area (TPSA) is 49.6 Å². The lowest BCUT2D eigenvalue weighted by atomic mass is 9.96. The maximum atomic E-state index is 13.7. The molecule has 0 amide bonds. The van der Waals surface area contributed by atoms with Gasteiger partial charge in [0.25, 0.3) is 0 Å². The number of hydrogen-bond donors (Lipinski definition) is 1. The van der Waals surface area contributed by atoms with Crippen LogP contribution in [0, 0.1) is 6.92 Å². The molecule has 2 aromatic carbocycles. The summed E-state index contributed by atoms with van der Waals surface area (Å²) in [6.07, 6.45) is -4.52. The smallest absolute Gasteiger partial charge is 0.398 e. The molecular formula is C22H26F3N3O. The fourth-order valence-corrected chi connectivity index (χ4v) is 3.57. The standard InChI is InChI=1S/C22H26F3N3O/c1-3-27-8-10-28(11-9-27)14-18-7-6-16(12-19(18)22(23,24)25)21(29)17-5-4-15(2)20(26)13-17/h4-7,12-13H,3,8-11,14,26H2,1-2H3. The quantitative estimate of drug-likeness (QED) is 0.604. The van der Waals surface area contributed by atoms with Gasteiger partial charge in [0.05, 0.1) is 5.56 Å². The second-order valence-corrected chi connectivity index (χ2v) is 7.48.